The number of benzene rings is 1. The minimum absolute atomic E-state index is 0.178. The van der Waals surface area contributed by atoms with Gasteiger partial charge in [0, 0.05) is 32.2 Å². The van der Waals surface area contributed by atoms with Crippen molar-refractivity contribution in [3.63, 3.8) is 0 Å². The van der Waals surface area contributed by atoms with E-state index in [0.29, 0.717) is 5.92 Å². The second-order valence-corrected chi connectivity index (χ2v) is 9.63. The van der Waals surface area contributed by atoms with Crippen LogP contribution in [0, 0.1) is 5.92 Å². The van der Waals surface area contributed by atoms with Crippen LogP contribution in [0.3, 0.4) is 0 Å². The van der Waals surface area contributed by atoms with Crippen molar-refractivity contribution in [3.05, 3.63) is 29.3 Å². The average molecular weight is 430 g/mol. The summed E-state index contributed by atoms with van der Waals surface area (Å²) in [4.78, 5) is 33.6. The molecule has 2 atom stereocenters. The van der Waals surface area contributed by atoms with Gasteiger partial charge in [-0.2, -0.15) is 0 Å². The molecule has 1 aliphatic heterocycles. The summed E-state index contributed by atoms with van der Waals surface area (Å²) in [6.07, 6.45) is 4.51. The fraction of sp³-hybridized carbons (Fsp3) is 0.591. The number of nitrogens with one attached hydrogen (secondary N) is 2. The number of thiazole rings is 1. The van der Waals surface area contributed by atoms with Gasteiger partial charge in [0.15, 0.2) is 0 Å². The molecule has 162 valence electrons. The molecule has 0 bridgehead atoms. The molecule has 2 N–H and O–H groups in total. The molecule has 1 aromatic carbocycles. The largest absolute Gasteiger partial charge is 0.335 e. The van der Waals surface area contributed by atoms with Gasteiger partial charge in [0.2, 0.25) is 5.91 Å². The number of hydrogen-bond donors (Lipinski definition) is 2. The van der Waals surface area contributed by atoms with Crippen LogP contribution in [-0.2, 0) is 11.3 Å². The van der Waals surface area contributed by atoms with Crippen molar-refractivity contribution in [1.29, 1.82) is 0 Å². The topological polar surface area (TPSA) is 77.6 Å². The highest BCUT2D eigenvalue weighted by molar-refractivity contribution is 7.18. The van der Waals surface area contributed by atoms with Crippen LogP contribution in [0.5, 0.6) is 0 Å². The first-order valence-electron chi connectivity index (χ1n) is 11.0. The lowest BCUT2D eigenvalue weighted by Gasteiger charge is -2.33. The molecule has 7 nitrogen and oxygen atoms in total. The molecule has 8 heteroatoms. The van der Waals surface area contributed by atoms with E-state index in [1.807, 2.05) is 12.1 Å². The summed E-state index contributed by atoms with van der Waals surface area (Å²) in [6, 6.07) is 8.05. The first-order valence-corrected chi connectivity index (χ1v) is 11.8. The molecule has 1 saturated carbocycles. The monoisotopic (exact) mass is 429 g/mol. The van der Waals surface area contributed by atoms with Crippen molar-refractivity contribution < 1.29 is 9.59 Å². The van der Waals surface area contributed by atoms with Crippen LogP contribution in [0.1, 0.15) is 37.6 Å². The molecule has 1 aliphatic carbocycles. The second kappa shape index (κ2) is 9.85. The van der Waals surface area contributed by atoms with Crippen LogP contribution in [0.25, 0.3) is 10.2 Å². The Balaban J connectivity index is 1.17. The first kappa shape index (κ1) is 21.2. The van der Waals surface area contributed by atoms with Gasteiger partial charge in [-0.15, -0.1) is 11.3 Å². The highest BCUT2D eigenvalue weighted by atomic mass is 32.1. The van der Waals surface area contributed by atoms with E-state index in [0.717, 1.165) is 62.5 Å². The van der Waals surface area contributed by atoms with E-state index < -0.39 is 0 Å². The zero-order valence-electron chi connectivity index (χ0n) is 17.6. The van der Waals surface area contributed by atoms with Gasteiger partial charge in [0.1, 0.15) is 5.01 Å². The van der Waals surface area contributed by atoms with Gasteiger partial charge in [0.05, 0.1) is 23.3 Å². The zero-order chi connectivity index (χ0) is 20.9. The van der Waals surface area contributed by atoms with Gasteiger partial charge in [0.25, 0.3) is 0 Å². The van der Waals surface area contributed by atoms with Crippen LogP contribution in [0.4, 0.5) is 4.79 Å². The van der Waals surface area contributed by atoms with Crippen LogP contribution >= 0.6 is 11.3 Å². The van der Waals surface area contributed by atoms with Crippen LogP contribution < -0.4 is 10.6 Å². The number of amides is 3. The minimum atomic E-state index is -0.353. The number of aromatic nitrogens is 1. The molecule has 0 radical (unpaired) electrons. The fourth-order valence-corrected chi connectivity index (χ4v) is 5.40. The predicted molar refractivity (Wildman–Crippen MR) is 119 cm³/mol. The van der Waals surface area contributed by atoms with Gasteiger partial charge in [-0.3, -0.25) is 19.9 Å². The molecule has 4 rings (SSSR count). The Morgan fingerprint density at radius 3 is 2.60 bits per heavy atom. The molecule has 1 aromatic heterocycles. The van der Waals surface area contributed by atoms with Crippen LogP contribution in [0.15, 0.2) is 24.3 Å². The van der Waals surface area contributed by atoms with Gasteiger partial charge in [-0.25, -0.2) is 9.78 Å². The number of nitrogens with zero attached hydrogens (tertiary/aromatic N) is 3. The van der Waals surface area contributed by atoms with E-state index >= 15 is 0 Å². The summed E-state index contributed by atoms with van der Waals surface area (Å²) >= 11 is 1.75. The summed E-state index contributed by atoms with van der Waals surface area (Å²) in [6.45, 7) is 6.72. The van der Waals surface area contributed by atoms with Gasteiger partial charge in [-0.05, 0) is 30.9 Å². The molecular formula is C22H31N5O2S. The van der Waals surface area contributed by atoms with E-state index in [2.05, 4.69) is 39.5 Å². The number of fused-ring (bicyclic) bond motifs is 1. The van der Waals surface area contributed by atoms with Gasteiger partial charge < -0.3 is 5.32 Å². The number of piperazine rings is 1. The lowest BCUT2D eigenvalue weighted by molar-refractivity contribution is -0.121. The highest BCUT2D eigenvalue weighted by Crippen LogP contribution is 2.24. The van der Waals surface area contributed by atoms with Gasteiger partial charge >= 0.3 is 6.03 Å². The van der Waals surface area contributed by atoms with E-state index in [1.165, 1.54) is 11.1 Å². The van der Waals surface area contributed by atoms with Crippen molar-refractivity contribution in [2.75, 3.05) is 32.7 Å². The third-order valence-corrected chi connectivity index (χ3v) is 7.23. The van der Waals surface area contributed by atoms with E-state index in [-0.39, 0.29) is 24.5 Å². The summed E-state index contributed by atoms with van der Waals surface area (Å²) in [7, 11) is 0. The lowest BCUT2D eigenvalue weighted by Crippen LogP contribution is -2.52. The number of imide groups is 1. The third kappa shape index (κ3) is 5.56. The van der Waals surface area contributed by atoms with E-state index in [4.69, 9.17) is 4.98 Å². The van der Waals surface area contributed by atoms with Crippen molar-refractivity contribution >= 4 is 33.5 Å². The fourth-order valence-electron chi connectivity index (χ4n) is 4.39. The summed E-state index contributed by atoms with van der Waals surface area (Å²) in [5, 5.41) is 6.62. The summed E-state index contributed by atoms with van der Waals surface area (Å²) < 4.78 is 1.23. The maximum Gasteiger partial charge on any atom is 0.321 e. The SMILES string of the molecule is C[C@H]1CCCC[C@@H]1NC(=O)NC(=O)CN1CCN(Cc2nc3ccccc3s2)CC1. The van der Waals surface area contributed by atoms with Crippen LogP contribution in [-0.4, -0.2) is 65.5 Å². The highest BCUT2D eigenvalue weighted by Gasteiger charge is 2.24. The standard InChI is InChI=1S/C22H31N5O2S/c1-16-6-2-3-7-17(16)24-22(29)25-20(28)14-26-10-12-27(13-11-26)15-21-23-18-8-4-5-9-19(18)30-21/h4-5,8-9,16-17H,2-3,6-7,10-15H2,1H3,(H2,24,25,28,29)/t16-,17-/m0/s1. The zero-order valence-corrected chi connectivity index (χ0v) is 18.4. The number of carbonyl (C=O) groups excluding carboxylic acids is 2. The van der Waals surface area contributed by atoms with Crippen molar-refractivity contribution in [1.82, 2.24) is 25.4 Å². The molecule has 30 heavy (non-hydrogen) atoms. The Bertz CT molecular complexity index is 844. The lowest BCUT2D eigenvalue weighted by atomic mass is 9.86. The smallest absolute Gasteiger partial charge is 0.321 e. The first-order chi connectivity index (χ1) is 14.6. The van der Waals surface area contributed by atoms with Gasteiger partial charge in [-0.1, -0.05) is 31.9 Å². The second-order valence-electron chi connectivity index (χ2n) is 8.52. The van der Waals surface area contributed by atoms with Crippen molar-refractivity contribution in [2.24, 2.45) is 5.92 Å². The third-order valence-electron chi connectivity index (χ3n) is 6.21. The predicted octanol–water partition coefficient (Wildman–Crippen LogP) is 2.82. The molecule has 0 spiro atoms. The van der Waals surface area contributed by atoms with E-state index in [1.54, 1.807) is 11.3 Å². The summed E-state index contributed by atoms with van der Waals surface area (Å²) in [5.74, 6) is 0.249. The Hall–Kier alpha value is -2.03. The number of carbonyl (C=O) groups is 2. The minimum Gasteiger partial charge on any atom is -0.335 e. The Labute approximate surface area is 181 Å². The van der Waals surface area contributed by atoms with E-state index in [9.17, 15) is 9.59 Å². The number of urea groups is 1. The molecule has 3 amide bonds. The molecular weight excluding hydrogens is 398 g/mol. The molecule has 0 unspecified atom stereocenters. The summed E-state index contributed by atoms with van der Waals surface area (Å²) in [5.41, 5.74) is 1.06. The number of para-hydroxylation sites is 1. The Kier molecular flexibility index (Phi) is 6.97. The average Bonchev–Trinajstić information content (AvgIpc) is 3.13. The van der Waals surface area contributed by atoms with Crippen molar-refractivity contribution in [2.45, 2.75) is 45.2 Å². The maximum absolute atomic E-state index is 12.3. The molecule has 1 saturated heterocycles. The molecule has 2 heterocycles. The van der Waals surface area contributed by atoms with Crippen LogP contribution in [0.2, 0.25) is 0 Å². The Morgan fingerprint density at radius 2 is 1.83 bits per heavy atom. The van der Waals surface area contributed by atoms with Crippen molar-refractivity contribution in [3.8, 4) is 0 Å². The number of rotatable bonds is 5. The maximum atomic E-state index is 12.3. The normalized spacial score (nSPS) is 23.4. The number of hydrogen-bond acceptors (Lipinski definition) is 6. The molecule has 2 fully saturated rings. The molecule has 2 aliphatic rings. The Morgan fingerprint density at radius 1 is 1.10 bits per heavy atom. The quantitative estimate of drug-likeness (QED) is 0.764. The molecule has 2 aromatic rings.